The fraction of sp³-hybridized carbons (Fsp3) is 0.435. The smallest absolute Gasteiger partial charge is 0.416 e. The molecule has 1 aliphatic rings. The molecule has 2 aromatic carbocycles. The average molecular weight is 436 g/mol. The number of alkyl halides is 3. The largest absolute Gasteiger partial charge is 0.481 e. The number of rotatable bonds is 7. The van der Waals surface area contributed by atoms with Crippen molar-refractivity contribution in [2.75, 3.05) is 32.8 Å². The van der Waals surface area contributed by atoms with E-state index in [0.29, 0.717) is 12.3 Å². The molecule has 1 fully saturated rings. The van der Waals surface area contributed by atoms with Gasteiger partial charge in [-0.3, -0.25) is 9.80 Å². The minimum absolute atomic E-state index is 0.359. The first-order chi connectivity index (χ1) is 14.6. The van der Waals surface area contributed by atoms with Crippen LogP contribution in [0.2, 0.25) is 0 Å². The molecule has 1 aliphatic heterocycles. The molecule has 3 rings (SSSR count). The zero-order valence-electron chi connectivity index (χ0n) is 17.7. The molecule has 31 heavy (non-hydrogen) atoms. The van der Waals surface area contributed by atoms with E-state index in [2.05, 4.69) is 9.80 Å². The van der Waals surface area contributed by atoms with Crippen LogP contribution in [0.15, 0.2) is 36.4 Å². The summed E-state index contributed by atoms with van der Waals surface area (Å²) in [4.78, 5) is 15.3. The van der Waals surface area contributed by atoms with Gasteiger partial charge >= 0.3 is 12.1 Å². The maximum Gasteiger partial charge on any atom is 0.416 e. The number of hydrogen-bond acceptors (Lipinski definition) is 4. The van der Waals surface area contributed by atoms with Gasteiger partial charge in [0.25, 0.3) is 0 Å². The van der Waals surface area contributed by atoms with Crippen molar-refractivity contribution in [3.8, 4) is 5.75 Å². The van der Waals surface area contributed by atoms with Crippen molar-refractivity contribution in [1.82, 2.24) is 9.80 Å². The van der Waals surface area contributed by atoms with Crippen LogP contribution in [0, 0.1) is 13.8 Å². The molecule has 0 saturated carbocycles. The van der Waals surface area contributed by atoms with E-state index in [1.54, 1.807) is 12.1 Å². The zero-order valence-corrected chi connectivity index (χ0v) is 17.7. The van der Waals surface area contributed by atoms with Gasteiger partial charge < -0.3 is 9.84 Å². The summed E-state index contributed by atoms with van der Waals surface area (Å²) in [5, 5.41) is 8.81. The molecule has 2 aromatic rings. The van der Waals surface area contributed by atoms with Crippen molar-refractivity contribution in [3.63, 3.8) is 0 Å². The number of hydrogen-bond donors (Lipinski definition) is 1. The van der Waals surface area contributed by atoms with Gasteiger partial charge in [-0.2, -0.15) is 13.2 Å². The summed E-state index contributed by atoms with van der Waals surface area (Å²) in [5.41, 5.74) is 3.24. The lowest BCUT2D eigenvalue weighted by Crippen LogP contribution is -2.45. The standard InChI is InChI=1S/C23H27F3N2O3/c1-16-11-19(12-17(2)22(16)31-15-21(29)30)14-28-9-7-27(8-10-28)13-18-3-5-20(6-4-18)23(24,25)26/h3-6,11-12H,7-10,13-15H2,1-2H3,(H,29,30). The van der Waals surface area contributed by atoms with Crippen molar-refractivity contribution in [2.24, 2.45) is 0 Å². The summed E-state index contributed by atoms with van der Waals surface area (Å²) >= 11 is 0. The maximum absolute atomic E-state index is 12.7. The Hall–Kier alpha value is -2.58. The van der Waals surface area contributed by atoms with Crippen LogP contribution in [0.25, 0.3) is 0 Å². The Morgan fingerprint density at radius 2 is 1.42 bits per heavy atom. The fourth-order valence-corrected chi connectivity index (χ4v) is 3.91. The maximum atomic E-state index is 12.7. The summed E-state index contributed by atoms with van der Waals surface area (Å²) in [7, 11) is 0. The third-order valence-electron chi connectivity index (χ3n) is 5.42. The molecule has 1 saturated heterocycles. The molecular weight excluding hydrogens is 409 g/mol. The molecule has 0 spiro atoms. The molecule has 0 atom stereocenters. The highest BCUT2D eigenvalue weighted by molar-refractivity contribution is 5.68. The molecule has 0 aliphatic carbocycles. The predicted octanol–water partition coefficient (Wildman–Crippen LogP) is 4.10. The number of aryl methyl sites for hydroxylation is 2. The number of piperazine rings is 1. The van der Waals surface area contributed by atoms with Gasteiger partial charge in [0, 0.05) is 39.3 Å². The Morgan fingerprint density at radius 3 is 1.87 bits per heavy atom. The molecule has 0 unspecified atom stereocenters. The highest BCUT2D eigenvalue weighted by Crippen LogP contribution is 2.29. The number of benzene rings is 2. The van der Waals surface area contributed by atoms with Crippen LogP contribution >= 0.6 is 0 Å². The van der Waals surface area contributed by atoms with Crippen LogP contribution in [-0.4, -0.2) is 53.7 Å². The molecular formula is C23H27F3N2O3. The second-order valence-electron chi connectivity index (χ2n) is 7.99. The number of ether oxygens (including phenoxy) is 1. The average Bonchev–Trinajstić information content (AvgIpc) is 2.68. The van der Waals surface area contributed by atoms with Crippen molar-refractivity contribution < 1.29 is 27.8 Å². The van der Waals surface area contributed by atoms with Gasteiger partial charge in [-0.15, -0.1) is 0 Å². The summed E-state index contributed by atoms with van der Waals surface area (Å²) < 4.78 is 43.5. The highest BCUT2D eigenvalue weighted by Gasteiger charge is 2.30. The molecule has 168 valence electrons. The van der Waals surface area contributed by atoms with E-state index in [-0.39, 0.29) is 6.61 Å². The first-order valence-corrected chi connectivity index (χ1v) is 10.2. The van der Waals surface area contributed by atoms with Crippen LogP contribution < -0.4 is 4.74 Å². The molecule has 0 amide bonds. The lowest BCUT2D eigenvalue weighted by Gasteiger charge is -2.35. The zero-order chi connectivity index (χ0) is 22.6. The molecule has 1 heterocycles. The number of carboxylic acids is 1. The third kappa shape index (κ3) is 6.45. The molecule has 0 radical (unpaired) electrons. The molecule has 0 bridgehead atoms. The number of carbonyl (C=O) groups is 1. The normalized spacial score (nSPS) is 15.8. The van der Waals surface area contributed by atoms with Crippen LogP contribution in [-0.2, 0) is 24.1 Å². The molecule has 5 nitrogen and oxygen atoms in total. The predicted molar refractivity (Wildman–Crippen MR) is 111 cm³/mol. The van der Waals surface area contributed by atoms with Crippen molar-refractivity contribution in [1.29, 1.82) is 0 Å². The fourth-order valence-electron chi connectivity index (χ4n) is 3.91. The first-order valence-electron chi connectivity index (χ1n) is 10.2. The molecule has 0 aromatic heterocycles. The molecule has 1 N–H and O–H groups in total. The van der Waals surface area contributed by atoms with Crippen LogP contribution in [0.1, 0.15) is 27.8 Å². The summed E-state index contributed by atoms with van der Waals surface area (Å²) in [6.07, 6.45) is -4.30. The van der Waals surface area contributed by atoms with Gasteiger partial charge in [0.05, 0.1) is 5.56 Å². The van der Waals surface area contributed by atoms with Gasteiger partial charge in [0.1, 0.15) is 5.75 Å². The lowest BCUT2D eigenvalue weighted by atomic mass is 10.0. The number of aliphatic carboxylic acids is 1. The monoisotopic (exact) mass is 436 g/mol. The van der Waals surface area contributed by atoms with E-state index >= 15 is 0 Å². The van der Waals surface area contributed by atoms with Crippen molar-refractivity contribution >= 4 is 5.97 Å². The first kappa shape index (κ1) is 23.1. The van der Waals surface area contributed by atoms with Gasteiger partial charge in [-0.25, -0.2) is 4.79 Å². The molecule has 8 heteroatoms. The Labute approximate surface area is 180 Å². The second-order valence-corrected chi connectivity index (χ2v) is 7.99. The Balaban J connectivity index is 1.51. The number of halogens is 3. The minimum atomic E-state index is -4.30. The van der Waals surface area contributed by atoms with Gasteiger partial charge in [-0.1, -0.05) is 24.3 Å². The van der Waals surface area contributed by atoms with E-state index in [1.807, 2.05) is 26.0 Å². The summed E-state index contributed by atoms with van der Waals surface area (Å²) in [6, 6.07) is 9.43. The minimum Gasteiger partial charge on any atom is -0.481 e. The van der Waals surface area contributed by atoms with Crippen molar-refractivity contribution in [3.05, 3.63) is 64.2 Å². The van der Waals surface area contributed by atoms with E-state index in [4.69, 9.17) is 9.84 Å². The highest BCUT2D eigenvalue weighted by atomic mass is 19.4. The Kier molecular flexibility index (Phi) is 7.23. The quantitative estimate of drug-likeness (QED) is 0.708. The van der Waals surface area contributed by atoms with Gasteiger partial charge in [0.2, 0.25) is 0 Å². The van der Waals surface area contributed by atoms with Crippen LogP contribution in [0.5, 0.6) is 5.75 Å². The number of nitrogens with zero attached hydrogens (tertiary/aromatic N) is 2. The topological polar surface area (TPSA) is 53.0 Å². The second kappa shape index (κ2) is 9.70. The third-order valence-corrected chi connectivity index (χ3v) is 5.42. The van der Waals surface area contributed by atoms with Gasteiger partial charge in [0.15, 0.2) is 6.61 Å². The SMILES string of the molecule is Cc1cc(CN2CCN(Cc3ccc(C(F)(F)F)cc3)CC2)cc(C)c1OCC(=O)O. The van der Waals surface area contributed by atoms with Crippen LogP contribution in [0.4, 0.5) is 13.2 Å². The number of carboxylic acid groups (broad SMARTS) is 1. The summed E-state index contributed by atoms with van der Waals surface area (Å²) in [6.45, 7) is 8.33. The van der Waals surface area contributed by atoms with Gasteiger partial charge in [-0.05, 0) is 48.2 Å². The van der Waals surface area contributed by atoms with Crippen molar-refractivity contribution in [2.45, 2.75) is 33.1 Å². The van der Waals surface area contributed by atoms with E-state index < -0.39 is 17.7 Å². The van der Waals surface area contributed by atoms with E-state index in [0.717, 1.165) is 67.1 Å². The van der Waals surface area contributed by atoms with E-state index in [9.17, 15) is 18.0 Å². The summed E-state index contributed by atoms with van der Waals surface area (Å²) in [5.74, 6) is -0.385. The van der Waals surface area contributed by atoms with Crippen LogP contribution in [0.3, 0.4) is 0 Å². The van der Waals surface area contributed by atoms with E-state index in [1.165, 1.54) is 0 Å². The Morgan fingerprint density at radius 1 is 0.935 bits per heavy atom. The lowest BCUT2D eigenvalue weighted by molar-refractivity contribution is -0.139. The Bertz CT molecular complexity index is 882.